The van der Waals surface area contributed by atoms with Crippen molar-refractivity contribution in [3.63, 3.8) is 0 Å². The fourth-order valence-corrected chi connectivity index (χ4v) is 4.74. The predicted molar refractivity (Wildman–Crippen MR) is 130 cm³/mol. The molecule has 2 heterocycles. The van der Waals surface area contributed by atoms with Gasteiger partial charge in [-0.25, -0.2) is 0 Å². The average Bonchev–Trinajstić information content (AvgIpc) is 2.86. The summed E-state index contributed by atoms with van der Waals surface area (Å²) in [6.07, 6.45) is 5.69. The maximum absolute atomic E-state index is 5.81. The molecule has 5 aromatic rings. The molecule has 174 valence electrons. The molecule has 0 N–H and O–H groups in total. The van der Waals surface area contributed by atoms with Crippen LogP contribution in [-0.2, 0) is 7.05 Å². The molecule has 0 aliphatic carbocycles. The lowest BCUT2D eigenvalue weighted by molar-refractivity contribution is -0.642. The third kappa shape index (κ3) is 3.42. The van der Waals surface area contributed by atoms with Gasteiger partial charge in [0.1, 0.15) is 7.05 Å². The van der Waals surface area contributed by atoms with Crippen LogP contribution < -0.4 is 35.9 Å². The van der Waals surface area contributed by atoms with Gasteiger partial charge in [0.05, 0.1) is 44.6 Å². The van der Waals surface area contributed by atoms with Crippen molar-refractivity contribution in [2.24, 2.45) is 7.05 Å². The van der Waals surface area contributed by atoms with Gasteiger partial charge in [-0.3, -0.25) is 4.98 Å². The lowest BCUT2D eigenvalue weighted by atomic mass is 9.94. The number of methoxy groups -OCH3 is 4. The third-order valence-corrected chi connectivity index (χ3v) is 6.14. The van der Waals surface area contributed by atoms with E-state index >= 15 is 0 Å². The molecule has 0 fully saturated rings. The van der Waals surface area contributed by atoms with Gasteiger partial charge in [-0.1, -0.05) is 12.1 Å². The summed E-state index contributed by atoms with van der Waals surface area (Å²) in [7, 11) is 8.68. The Balaban J connectivity index is 0.00000274. The molecule has 0 amide bonds. The SMILES string of the molecule is COc1cc2c(ccc3c4ccc(OC)c(OC)c4c[n+](C)c23)c(-c2cccnc2)c1OC.[Cl-]. The fourth-order valence-electron chi connectivity index (χ4n) is 4.74. The number of benzene rings is 3. The highest BCUT2D eigenvalue weighted by Crippen LogP contribution is 2.46. The van der Waals surface area contributed by atoms with Crippen LogP contribution in [0.15, 0.2) is 61.1 Å². The van der Waals surface area contributed by atoms with E-state index < -0.39 is 0 Å². The van der Waals surface area contributed by atoms with Crippen LogP contribution in [0.2, 0.25) is 0 Å². The first-order valence-electron chi connectivity index (χ1n) is 10.6. The lowest BCUT2D eigenvalue weighted by Gasteiger charge is -2.17. The second kappa shape index (κ2) is 9.23. The van der Waals surface area contributed by atoms with E-state index in [2.05, 4.69) is 33.9 Å². The van der Waals surface area contributed by atoms with E-state index in [-0.39, 0.29) is 12.4 Å². The Hall–Kier alpha value is -3.77. The van der Waals surface area contributed by atoms with Gasteiger partial charge in [0.2, 0.25) is 5.52 Å². The number of aromatic nitrogens is 2. The van der Waals surface area contributed by atoms with Crippen molar-refractivity contribution >= 4 is 32.4 Å². The van der Waals surface area contributed by atoms with Crippen LogP contribution in [0.3, 0.4) is 0 Å². The topological polar surface area (TPSA) is 53.7 Å². The number of halogens is 1. The van der Waals surface area contributed by atoms with Crippen LogP contribution in [0, 0.1) is 0 Å². The number of nitrogens with zero attached hydrogens (tertiary/aromatic N) is 2. The van der Waals surface area contributed by atoms with Crippen LogP contribution in [0.1, 0.15) is 0 Å². The quantitative estimate of drug-likeness (QED) is 0.287. The summed E-state index contributed by atoms with van der Waals surface area (Å²) in [6.45, 7) is 0. The molecule has 0 spiro atoms. The van der Waals surface area contributed by atoms with E-state index in [0.29, 0.717) is 17.2 Å². The summed E-state index contributed by atoms with van der Waals surface area (Å²) >= 11 is 0. The largest absolute Gasteiger partial charge is 1.00 e. The fraction of sp³-hybridized carbons (Fsp3) is 0.185. The average molecular weight is 477 g/mol. The molecule has 0 saturated heterocycles. The Morgan fingerprint density at radius 3 is 2.06 bits per heavy atom. The van der Waals surface area contributed by atoms with Gasteiger partial charge in [0.15, 0.2) is 29.2 Å². The molecule has 0 unspecified atom stereocenters. The molecule has 0 bridgehead atoms. The summed E-state index contributed by atoms with van der Waals surface area (Å²) in [5.41, 5.74) is 3.00. The number of aryl methyl sites for hydroxylation is 1. The van der Waals surface area contributed by atoms with E-state index in [1.165, 1.54) is 0 Å². The minimum atomic E-state index is 0. The smallest absolute Gasteiger partial charge is 0.220 e. The Kier molecular flexibility index (Phi) is 6.35. The Morgan fingerprint density at radius 2 is 1.41 bits per heavy atom. The van der Waals surface area contributed by atoms with Crippen LogP contribution in [0.25, 0.3) is 43.6 Å². The summed E-state index contributed by atoms with van der Waals surface area (Å²) < 4.78 is 24.9. The second-order valence-corrected chi connectivity index (χ2v) is 7.79. The summed E-state index contributed by atoms with van der Waals surface area (Å²) in [5.74, 6) is 2.78. The monoisotopic (exact) mass is 476 g/mol. The molecule has 0 aliphatic rings. The number of hydrogen-bond acceptors (Lipinski definition) is 5. The van der Waals surface area contributed by atoms with Crippen LogP contribution in [-0.4, -0.2) is 33.4 Å². The number of fused-ring (bicyclic) bond motifs is 5. The molecule has 0 aliphatic heterocycles. The second-order valence-electron chi connectivity index (χ2n) is 7.79. The molecule has 7 heteroatoms. The maximum atomic E-state index is 5.81. The van der Waals surface area contributed by atoms with E-state index in [1.54, 1.807) is 34.6 Å². The van der Waals surface area contributed by atoms with E-state index in [1.807, 2.05) is 37.5 Å². The van der Waals surface area contributed by atoms with Crippen LogP contribution >= 0.6 is 0 Å². The zero-order valence-electron chi connectivity index (χ0n) is 19.7. The van der Waals surface area contributed by atoms with Gasteiger partial charge >= 0.3 is 0 Å². The molecule has 0 radical (unpaired) electrons. The maximum Gasteiger partial charge on any atom is 0.220 e. The first kappa shape index (κ1) is 23.4. The molecule has 6 nitrogen and oxygen atoms in total. The number of rotatable bonds is 5. The van der Waals surface area contributed by atoms with Crippen molar-refractivity contribution in [1.29, 1.82) is 0 Å². The first-order chi connectivity index (χ1) is 16.1. The highest BCUT2D eigenvalue weighted by molar-refractivity contribution is 6.18. The molecule has 2 aromatic heterocycles. The molecule has 0 saturated carbocycles. The number of hydrogen-bond donors (Lipinski definition) is 0. The molecular weight excluding hydrogens is 452 g/mol. The van der Waals surface area contributed by atoms with Crippen LogP contribution in [0.5, 0.6) is 23.0 Å². The van der Waals surface area contributed by atoms with Crippen molar-refractivity contribution in [2.75, 3.05) is 28.4 Å². The summed E-state index contributed by atoms with van der Waals surface area (Å²) in [4.78, 5) is 4.33. The van der Waals surface area contributed by atoms with E-state index in [0.717, 1.165) is 49.3 Å². The number of pyridine rings is 2. The zero-order chi connectivity index (χ0) is 23.1. The first-order valence-corrected chi connectivity index (χ1v) is 10.6. The molecule has 0 atom stereocenters. The normalized spacial score (nSPS) is 10.9. The van der Waals surface area contributed by atoms with Crippen molar-refractivity contribution in [3.05, 3.63) is 61.1 Å². The van der Waals surface area contributed by atoms with E-state index in [4.69, 9.17) is 18.9 Å². The lowest BCUT2D eigenvalue weighted by Crippen LogP contribution is -3.00. The molecule has 34 heavy (non-hydrogen) atoms. The summed E-state index contributed by atoms with van der Waals surface area (Å²) in [6, 6.07) is 14.3. The van der Waals surface area contributed by atoms with Crippen molar-refractivity contribution in [2.45, 2.75) is 0 Å². The van der Waals surface area contributed by atoms with Crippen molar-refractivity contribution in [1.82, 2.24) is 4.98 Å². The Labute approximate surface area is 204 Å². The predicted octanol–water partition coefficient (Wildman–Crippen LogP) is 2.07. The van der Waals surface area contributed by atoms with Gasteiger partial charge in [-0.2, -0.15) is 4.57 Å². The summed E-state index contributed by atoms with van der Waals surface area (Å²) in [5, 5.41) is 5.29. The van der Waals surface area contributed by atoms with Gasteiger partial charge in [-0.05, 0) is 30.3 Å². The zero-order valence-corrected chi connectivity index (χ0v) is 20.4. The minimum Gasteiger partial charge on any atom is -1.00 e. The molecule has 3 aromatic carbocycles. The minimum absolute atomic E-state index is 0. The Bertz CT molecular complexity index is 1520. The highest BCUT2D eigenvalue weighted by Gasteiger charge is 2.24. The van der Waals surface area contributed by atoms with E-state index in [9.17, 15) is 0 Å². The molecule has 5 rings (SSSR count). The highest BCUT2D eigenvalue weighted by atomic mass is 35.5. The van der Waals surface area contributed by atoms with Crippen LogP contribution in [0.4, 0.5) is 0 Å². The standard InChI is InChI=1S/C27H25N2O4.ClH/c1-29-15-21-17(10-11-22(30-2)26(21)32-4)19-9-8-18-20(25(19)29)13-23(31-3)27(33-5)24(18)16-7-6-12-28-14-16;/h6-15H,1-5H3;1H/q+1;/p-1. The molecular formula is C27H25ClN2O4. The van der Waals surface area contributed by atoms with Crippen molar-refractivity contribution in [3.8, 4) is 34.1 Å². The van der Waals surface area contributed by atoms with Crippen molar-refractivity contribution < 1.29 is 35.9 Å². The third-order valence-electron chi connectivity index (χ3n) is 6.14. The Morgan fingerprint density at radius 1 is 0.706 bits per heavy atom. The van der Waals surface area contributed by atoms with Gasteiger partial charge in [0, 0.05) is 34.3 Å². The van der Waals surface area contributed by atoms with Gasteiger partial charge in [0.25, 0.3) is 0 Å². The van der Waals surface area contributed by atoms with Gasteiger partial charge in [-0.15, -0.1) is 0 Å². The van der Waals surface area contributed by atoms with Gasteiger partial charge < -0.3 is 31.4 Å². The number of ether oxygens (including phenoxy) is 4.